The Morgan fingerprint density at radius 3 is 2.89 bits per heavy atom. The molecule has 0 radical (unpaired) electrons. The van der Waals surface area contributed by atoms with Gasteiger partial charge in [0.05, 0.1) is 6.61 Å². The normalized spacial score (nSPS) is 21.0. The van der Waals surface area contributed by atoms with Crippen molar-refractivity contribution in [2.45, 2.75) is 51.6 Å². The summed E-state index contributed by atoms with van der Waals surface area (Å²) < 4.78 is 11.0. The molecule has 1 heterocycles. The van der Waals surface area contributed by atoms with E-state index in [-0.39, 0.29) is 5.97 Å². The summed E-state index contributed by atoms with van der Waals surface area (Å²) in [7, 11) is 0. The molecule has 0 saturated carbocycles. The van der Waals surface area contributed by atoms with E-state index in [0.717, 1.165) is 31.4 Å². The summed E-state index contributed by atoms with van der Waals surface area (Å²) in [6, 6.07) is 4.40. The molecule has 0 fully saturated rings. The largest absolute Gasteiger partial charge is 0.478 e. The molecule has 1 aromatic carbocycles. The molecular formula is C16H20O3. The van der Waals surface area contributed by atoms with Gasteiger partial charge in [-0.3, -0.25) is 0 Å². The molecule has 1 atom stereocenters. The van der Waals surface area contributed by atoms with Gasteiger partial charge in [0.15, 0.2) is 6.10 Å². The van der Waals surface area contributed by atoms with Gasteiger partial charge in [0.25, 0.3) is 0 Å². The molecule has 0 N–H and O–H groups in total. The van der Waals surface area contributed by atoms with Crippen LogP contribution >= 0.6 is 0 Å². The summed E-state index contributed by atoms with van der Waals surface area (Å²) in [6.45, 7) is 2.25. The van der Waals surface area contributed by atoms with Crippen molar-refractivity contribution in [1.82, 2.24) is 0 Å². The van der Waals surface area contributed by atoms with Crippen molar-refractivity contribution in [2.75, 3.05) is 6.61 Å². The fourth-order valence-electron chi connectivity index (χ4n) is 3.08. The zero-order valence-corrected chi connectivity index (χ0v) is 11.4. The highest BCUT2D eigenvalue weighted by Crippen LogP contribution is 2.37. The van der Waals surface area contributed by atoms with Gasteiger partial charge in [0.1, 0.15) is 5.75 Å². The van der Waals surface area contributed by atoms with Crippen LogP contribution in [0.3, 0.4) is 0 Å². The maximum absolute atomic E-state index is 11.8. The van der Waals surface area contributed by atoms with E-state index < -0.39 is 6.10 Å². The average molecular weight is 260 g/mol. The summed E-state index contributed by atoms with van der Waals surface area (Å²) in [5.41, 5.74) is 3.98. The number of benzene rings is 1. The summed E-state index contributed by atoms with van der Waals surface area (Å²) in [5, 5.41) is 0. The van der Waals surface area contributed by atoms with Crippen molar-refractivity contribution in [3.8, 4) is 5.75 Å². The highest BCUT2D eigenvalue weighted by atomic mass is 16.6. The smallest absolute Gasteiger partial charge is 0.347 e. The molecule has 3 heteroatoms. The Balaban J connectivity index is 1.88. The minimum absolute atomic E-state index is 0.221. The van der Waals surface area contributed by atoms with Crippen molar-refractivity contribution in [2.24, 2.45) is 0 Å². The standard InChI is InChI=1S/C16H20O3/c1-2-18-16(17)14-10-9-12-8-7-11-5-3-4-6-13(11)15(12)19-14/h7-8,14H,2-6,9-10H2,1H3. The van der Waals surface area contributed by atoms with Gasteiger partial charge in [-0.05, 0) is 62.1 Å². The highest BCUT2D eigenvalue weighted by Gasteiger charge is 2.30. The van der Waals surface area contributed by atoms with E-state index in [0.29, 0.717) is 6.61 Å². The van der Waals surface area contributed by atoms with Crippen LogP contribution in [0, 0.1) is 0 Å². The summed E-state index contributed by atoms with van der Waals surface area (Å²) in [4.78, 5) is 11.8. The van der Waals surface area contributed by atoms with E-state index >= 15 is 0 Å². The van der Waals surface area contributed by atoms with Crippen molar-refractivity contribution >= 4 is 5.97 Å². The SMILES string of the molecule is CCOC(=O)C1CCc2ccc3c(c2O1)CCCC3. The van der Waals surface area contributed by atoms with Crippen LogP contribution in [0.5, 0.6) is 5.75 Å². The lowest BCUT2D eigenvalue weighted by Gasteiger charge is -2.29. The van der Waals surface area contributed by atoms with Crippen LogP contribution in [0.25, 0.3) is 0 Å². The minimum atomic E-state index is -0.416. The summed E-state index contributed by atoms with van der Waals surface area (Å²) in [5.74, 6) is 0.753. The van der Waals surface area contributed by atoms with Gasteiger partial charge in [0, 0.05) is 0 Å². The molecule has 1 aliphatic heterocycles. The second-order valence-electron chi connectivity index (χ2n) is 5.30. The van der Waals surface area contributed by atoms with Gasteiger partial charge in [-0.2, -0.15) is 0 Å². The van der Waals surface area contributed by atoms with Crippen molar-refractivity contribution in [3.05, 3.63) is 28.8 Å². The average Bonchev–Trinajstić information content (AvgIpc) is 2.47. The number of esters is 1. The molecule has 1 aromatic rings. The monoisotopic (exact) mass is 260 g/mol. The Bertz CT molecular complexity index is 493. The number of rotatable bonds is 2. The number of ether oxygens (including phenoxy) is 2. The topological polar surface area (TPSA) is 35.5 Å². The molecule has 0 amide bonds. The predicted octanol–water partition coefficient (Wildman–Crippen LogP) is 2.82. The maximum atomic E-state index is 11.8. The number of fused-ring (bicyclic) bond motifs is 3. The van der Waals surface area contributed by atoms with Gasteiger partial charge in [-0.15, -0.1) is 0 Å². The van der Waals surface area contributed by atoms with Gasteiger partial charge >= 0.3 is 5.97 Å². The van der Waals surface area contributed by atoms with Gasteiger partial charge in [-0.1, -0.05) is 12.1 Å². The molecule has 2 aliphatic rings. The van der Waals surface area contributed by atoms with Crippen LogP contribution in [0.2, 0.25) is 0 Å². The zero-order valence-electron chi connectivity index (χ0n) is 11.4. The summed E-state index contributed by atoms with van der Waals surface area (Å²) >= 11 is 0. The van der Waals surface area contributed by atoms with Gasteiger partial charge in [0.2, 0.25) is 0 Å². The first-order valence-electron chi connectivity index (χ1n) is 7.26. The van der Waals surface area contributed by atoms with Gasteiger partial charge in [-0.25, -0.2) is 4.79 Å². The van der Waals surface area contributed by atoms with Crippen molar-refractivity contribution in [1.29, 1.82) is 0 Å². The van der Waals surface area contributed by atoms with Crippen LogP contribution in [0.15, 0.2) is 12.1 Å². The lowest BCUT2D eigenvalue weighted by molar-refractivity contribution is -0.152. The van der Waals surface area contributed by atoms with E-state index in [1.165, 1.54) is 29.5 Å². The van der Waals surface area contributed by atoms with Gasteiger partial charge < -0.3 is 9.47 Å². The molecule has 0 saturated heterocycles. The maximum Gasteiger partial charge on any atom is 0.347 e. The lowest BCUT2D eigenvalue weighted by atomic mass is 9.87. The third-order valence-electron chi connectivity index (χ3n) is 4.05. The molecule has 0 bridgehead atoms. The number of hydrogen-bond donors (Lipinski definition) is 0. The third-order valence-corrected chi connectivity index (χ3v) is 4.05. The number of hydrogen-bond acceptors (Lipinski definition) is 3. The van der Waals surface area contributed by atoms with E-state index in [4.69, 9.17) is 9.47 Å². The van der Waals surface area contributed by atoms with E-state index in [1.807, 2.05) is 6.92 Å². The second-order valence-corrected chi connectivity index (χ2v) is 5.30. The van der Waals surface area contributed by atoms with Crippen LogP contribution in [0.1, 0.15) is 42.9 Å². The Kier molecular flexibility index (Phi) is 3.45. The molecule has 3 rings (SSSR count). The van der Waals surface area contributed by atoms with Crippen LogP contribution in [-0.2, 0) is 28.8 Å². The van der Waals surface area contributed by atoms with Crippen molar-refractivity contribution < 1.29 is 14.3 Å². The number of carbonyl (C=O) groups excluding carboxylic acids is 1. The highest BCUT2D eigenvalue weighted by molar-refractivity contribution is 5.75. The van der Waals surface area contributed by atoms with E-state index in [1.54, 1.807) is 0 Å². The predicted molar refractivity (Wildman–Crippen MR) is 72.5 cm³/mol. The van der Waals surface area contributed by atoms with E-state index in [2.05, 4.69) is 12.1 Å². The Morgan fingerprint density at radius 1 is 1.26 bits per heavy atom. The Labute approximate surface area is 113 Å². The molecule has 19 heavy (non-hydrogen) atoms. The molecule has 0 spiro atoms. The molecule has 1 unspecified atom stereocenters. The molecule has 0 aromatic heterocycles. The second kappa shape index (κ2) is 5.24. The quantitative estimate of drug-likeness (QED) is 0.767. The zero-order chi connectivity index (χ0) is 13.2. The van der Waals surface area contributed by atoms with Crippen LogP contribution < -0.4 is 4.74 Å². The lowest BCUT2D eigenvalue weighted by Crippen LogP contribution is -2.33. The fraction of sp³-hybridized carbons (Fsp3) is 0.562. The minimum Gasteiger partial charge on any atom is -0.478 e. The third kappa shape index (κ3) is 2.34. The van der Waals surface area contributed by atoms with Crippen molar-refractivity contribution in [3.63, 3.8) is 0 Å². The first-order chi connectivity index (χ1) is 9.29. The Morgan fingerprint density at radius 2 is 2.05 bits per heavy atom. The first-order valence-corrected chi connectivity index (χ1v) is 7.26. The summed E-state index contributed by atoms with van der Waals surface area (Å²) in [6.07, 6.45) is 5.91. The Hall–Kier alpha value is -1.51. The molecule has 3 nitrogen and oxygen atoms in total. The number of aryl methyl sites for hydroxylation is 2. The first kappa shape index (κ1) is 12.5. The van der Waals surface area contributed by atoms with Crippen LogP contribution in [-0.4, -0.2) is 18.7 Å². The van der Waals surface area contributed by atoms with E-state index in [9.17, 15) is 4.79 Å². The number of carbonyl (C=O) groups is 1. The molecule has 102 valence electrons. The molecule has 1 aliphatic carbocycles. The van der Waals surface area contributed by atoms with Crippen LogP contribution in [0.4, 0.5) is 0 Å². The fourth-order valence-corrected chi connectivity index (χ4v) is 3.08. The molecular weight excluding hydrogens is 240 g/mol.